The van der Waals surface area contributed by atoms with Crippen LogP contribution in [0.1, 0.15) is 33.6 Å². The number of pyridine rings is 1. The molecular formula is C14H19BrN2O3. The van der Waals surface area contributed by atoms with Crippen LogP contribution in [0.4, 0.5) is 4.79 Å². The van der Waals surface area contributed by atoms with Crippen molar-refractivity contribution in [1.29, 1.82) is 0 Å². The molecule has 0 spiro atoms. The number of carbonyl (C=O) groups is 1. The van der Waals surface area contributed by atoms with E-state index in [1.807, 2.05) is 32.9 Å². The molecule has 1 aromatic heterocycles. The summed E-state index contributed by atoms with van der Waals surface area (Å²) in [7, 11) is 0. The summed E-state index contributed by atoms with van der Waals surface area (Å²) in [4.78, 5) is 15.7. The van der Waals surface area contributed by atoms with Gasteiger partial charge < -0.3 is 14.8 Å². The van der Waals surface area contributed by atoms with Crippen molar-refractivity contribution in [3.05, 3.63) is 22.8 Å². The van der Waals surface area contributed by atoms with Crippen molar-refractivity contribution >= 4 is 22.0 Å². The fourth-order valence-electron chi connectivity index (χ4n) is 1.87. The monoisotopic (exact) mass is 342 g/mol. The molecule has 0 aliphatic heterocycles. The zero-order valence-corrected chi connectivity index (χ0v) is 13.4. The van der Waals surface area contributed by atoms with Gasteiger partial charge in [0.25, 0.3) is 0 Å². The van der Waals surface area contributed by atoms with E-state index in [1.54, 1.807) is 6.20 Å². The molecule has 1 N–H and O–H groups in total. The number of ether oxygens (including phenoxy) is 2. The van der Waals surface area contributed by atoms with Crippen molar-refractivity contribution in [2.24, 2.45) is 0 Å². The van der Waals surface area contributed by atoms with Gasteiger partial charge in [0.1, 0.15) is 11.7 Å². The third-order valence-corrected chi connectivity index (χ3v) is 3.29. The molecule has 0 radical (unpaired) electrons. The zero-order valence-electron chi connectivity index (χ0n) is 11.9. The lowest BCUT2D eigenvalue weighted by Gasteiger charge is -2.35. The van der Waals surface area contributed by atoms with Gasteiger partial charge >= 0.3 is 6.09 Å². The maximum atomic E-state index is 11.6. The van der Waals surface area contributed by atoms with Crippen LogP contribution in [0.5, 0.6) is 5.88 Å². The van der Waals surface area contributed by atoms with Crippen LogP contribution in [0.25, 0.3) is 0 Å². The highest BCUT2D eigenvalue weighted by molar-refractivity contribution is 9.10. The maximum Gasteiger partial charge on any atom is 0.407 e. The van der Waals surface area contributed by atoms with Crippen molar-refractivity contribution in [1.82, 2.24) is 10.3 Å². The lowest BCUT2D eigenvalue weighted by Crippen LogP contribution is -2.50. The summed E-state index contributed by atoms with van der Waals surface area (Å²) in [6, 6.07) is 3.79. The molecule has 0 saturated heterocycles. The molecule has 1 aliphatic rings. The van der Waals surface area contributed by atoms with E-state index in [0.717, 1.165) is 17.3 Å². The van der Waals surface area contributed by atoms with Gasteiger partial charge in [-0.3, -0.25) is 0 Å². The molecule has 0 bridgehead atoms. The second-order valence-corrected chi connectivity index (χ2v) is 6.78. The number of carbonyl (C=O) groups excluding carboxylic acids is 1. The average Bonchev–Trinajstić information content (AvgIpc) is 2.23. The van der Waals surface area contributed by atoms with Crippen LogP contribution in [0.2, 0.25) is 0 Å². The normalized spacial score (nSPS) is 21.8. The molecule has 5 nitrogen and oxygen atoms in total. The van der Waals surface area contributed by atoms with E-state index in [4.69, 9.17) is 9.47 Å². The Morgan fingerprint density at radius 3 is 2.75 bits per heavy atom. The van der Waals surface area contributed by atoms with Gasteiger partial charge in [-0.2, -0.15) is 0 Å². The van der Waals surface area contributed by atoms with Crippen LogP contribution in [-0.2, 0) is 4.74 Å². The number of halogens is 1. The van der Waals surface area contributed by atoms with Gasteiger partial charge in [0.15, 0.2) is 0 Å². The average molecular weight is 343 g/mol. The van der Waals surface area contributed by atoms with E-state index in [9.17, 15) is 4.79 Å². The van der Waals surface area contributed by atoms with Gasteiger partial charge in [-0.1, -0.05) is 15.9 Å². The summed E-state index contributed by atoms with van der Waals surface area (Å²) in [6.45, 7) is 5.54. The zero-order chi connectivity index (χ0) is 14.8. The number of amides is 1. The SMILES string of the molecule is CC(C)(C)OC(=O)N[C@H]1C[C@@H](Oc2cc(Br)ccn2)C1. The van der Waals surface area contributed by atoms with E-state index in [0.29, 0.717) is 5.88 Å². The summed E-state index contributed by atoms with van der Waals surface area (Å²) >= 11 is 3.37. The van der Waals surface area contributed by atoms with Crippen molar-refractivity contribution in [3.8, 4) is 5.88 Å². The number of aromatic nitrogens is 1. The van der Waals surface area contributed by atoms with Gasteiger partial charge in [-0.05, 0) is 26.8 Å². The Kier molecular flexibility index (Phi) is 4.52. The smallest absolute Gasteiger partial charge is 0.407 e. The maximum absolute atomic E-state index is 11.6. The second-order valence-electron chi connectivity index (χ2n) is 5.87. The van der Waals surface area contributed by atoms with Gasteiger partial charge in [-0.25, -0.2) is 9.78 Å². The third-order valence-electron chi connectivity index (χ3n) is 2.80. The summed E-state index contributed by atoms with van der Waals surface area (Å²) in [5.41, 5.74) is -0.468. The van der Waals surface area contributed by atoms with E-state index in [-0.39, 0.29) is 18.2 Å². The molecule has 1 saturated carbocycles. The van der Waals surface area contributed by atoms with Crippen LogP contribution in [0.15, 0.2) is 22.8 Å². The van der Waals surface area contributed by atoms with Crippen molar-refractivity contribution < 1.29 is 14.3 Å². The number of nitrogens with one attached hydrogen (secondary N) is 1. The van der Waals surface area contributed by atoms with Crippen LogP contribution < -0.4 is 10.1 Å². The largest absolute Gasteiger partial charge is 0.474 e. The highest BCUT2D eigenvalue weighted by Crippen LogP contribution is 2.26. The summed E-state index contributed by atoms with van der Waals surface area (Å²) in [5.74, 6) is 0.597. The quantitative estimate of drug-likeness (QED) is 0.915. The van der Waals surface area contributed by atoms with Gasteiger partial charge in [0, 0.05) is 35.6 Å². The van der Waals surface area contributed by atoms with E-state index < -0.39 is 5.60 Å². The number of nitrogens with zero attached hydrogens (tertiary/aromatic N) is 1. The van der Waals surface area contributed by atoms with Crippen LogP contribution in [0, 0.1) is 0 Å². The first-order valence-electron chi connectivity index (χ1n) is 6.59. The lowest BCUT2D eigenvalue weighted by atomic mass is 9.89. The van der Waals surface area contributed by atoms with Crippen LogP contribution in [-0.4, -0.2) is 28.8 Å². The molecule has 2 rings (SSSR count). The first-order chi connectivity index (χ1) is 9.32. The molecule has 1 amide bonds. The predicted molar refractivity (Wildman–Crippen MR) is 78.7 cm³/mol. The molecule has 1 aromatic rings. The second kappa shape index (κ2) is 5.99. The Morgan fingerprint density at radius 2 is 2.15 bits per heavy atom. The van der Waals surface area contributed by atoms with E-state index in [1.165, 1.54) is 0 Å². The Morgan fingerprint density at radius 1 is 1.45 bits per heavy atom. The summed E-state index contributed by atoms with van der Waals surface area (Å²) < 4.78 is 11.8. The van der Waals surface area contributed by atoms with E-state index in [2.05, 4.69) is 26.2 Å². The van der Waals surface area contributed by atoms with Crippen LogP contribution in [0.3, 0.4) is 0 Å². The Hall–Kier alpha value is -1.30. The fourth-order valence-corrected chi connectivity index (χ4v) is 2.19. The molecule has 0 atom stereocenters. The highest BCUT2D eigenvalue weighted by Gasteiger charge is 2.33. The number of hydrogen-bond donors (Lipinski definition) is 1. The number of rotatable bonds is 3. The molecule has 1 fully saturated rings. The minimum Gasteiger partial charge on any atom is -0.474 e. The fraction of sp³-hybridized carbons (Fsp3) is 0.571. The van der Waals surface area contributed by atoms with Crippen molar-refractivity contribution in [2.45, 2.75) is 51.4 Å². The van der Waals surface area contributed by atoms with E-state index >= 15 is 0 Å². The standard InChI is InChI=1S/C14H19BrN2O3/c1-14(2,3)20-13(18)17-10-7-11(8-10)19-12-6-9(15)4-5-16-12/h4-6,10-11H,7-8H2,1-3H3,(H,17,18)/t10-,11+. The number of alkyl carbamates (subject to hydrolysis) is 1. The molecule has 20 heavy (non-hydrogen) atoms. The Labute approximate surface area is 127 Å². The molecular weight excluding hydrogens is 324 g/mol. The van der Waals surface area contributed by atoms with Crippen molar-refractivity contribution in [3.63, 3.8) is 0 Å². The molecule has 1 heterocycles. The first-order valence-corrected chi connectivity index (χ1v) is 7.39. The third kappa shape index (κ3) is 4.67. The van der Waals surface area contributed by atoms with Gasteiger partial charge in [0.05, 0.1) is 0 Å². The topological polar surface area (TPSA) is 60.5 Å². The number of hydrogen-bond acceptors (Lipinski definition) is 4. The minimum atomic E-state index is -0.468. The Balaban J connectivity index is 1.71. The van der Waals surface area contributed by atoms with Crippen molar-refractivity contribution in [2.75, 3.05) is 0 Å². The molecule has 0 unspecified atom stereocenters. The lowest BCUT2D eigenvalue weighted by molar-refractivity contribution is 0.0354. The Bertz CT molecular complexity index is 482. The molecule has 110 valence electrons. The van der Waals surface area contributed by atoms with Crippen LogP contribution >= 0.6 is 15.9 Å². The predicted octanol–water partition coefficient (Wildman–Crippen LogP) is 3.28. The molecule has 6 heteroatoms. The summed E-state index contributed by atoms with van der Waals surface area (Å²) in [6.07, 6.45) is 2.95. The summed E-state index contributed by atoms with van der Waals surface area (Å²) in [5, 5.41) is 2.83. The minimum absolute atomic E-state index is 0.0942. The molecule has 0 aromatic carbocycles. The first kappa shape index (κ1) is 15.1. The highest BCUT2D eigenvalue weighted by atomic mass is 79.9. The molecule has 1 aliphatic carbocycles. The van der Waals surface area contributed by atoms with Gasteiger partial charge in [-0.15, -0.1) is 0 Å². The van der Waals surface area contributed by atoms with Gasteiger partial charge in [0.2, 0.25) is 5.88 Å².